The van der Waals surface area contributed by atoms with Crippen LogP contribution in [0.1, 0.15) is 15.9 Å². The quantitative estimate of drug-likeness (QED) is 0.491. The van der Waals surface area contributed by atoms with Gasteiger partial charge in [-0.3, -0.25) is 4.79 Å². The van der Waals surface area contributed by atoms with Crippen LogP contribution in [0.3, 0.4) is 0 Å². The lowest BCUT2D eigenvalue weighted by molar-refractivity contribution is 0.103. The highest BCUT2D eigenvalue weighted by molar-refractivity contribution is 6.30. The molecule has 0 bridgehead atoms. The number of carbonyl (C=O) groups is 1. The van der Waals surface area contributed by atoms with Crippen LogP contribution in [0.5, 0.6) is 5.75 Å². The van der Waals surface area contributed by atoms with Gasteiger partial charge in [-0.05, 0) is 35.9 Å². The molecular weight excluding hydrogens is 367 g/mol. The Morgan fingerprint density at radius 3 is 2.70 bits per heavy atom. The summed E-state index contributed by atoms with van der Waals surface area (Å²) >= 11 is 6.07. The number of ketones is 1. The lowest BCUT2D eigenvalue weighted by Crippen LogP contribution is -2.05. The Hall–Kier alpha value is -3.18. The Labute approximate surface area is 159 Å². The van der Waals surface area contributed by atoms with Crippen molar-refractivity contribution in [2.24, 2.45) is 0 Å². The normalized spacial score (nSPS) is 10.9. The molecule has 0 atom stereocenters. The first kappa shape index (κ1) is 17.2. The first-order valence-electron chi connectivity index (χ1n) is 8.19. The molecule has 0 unspecified atom stereocenters. The van der Waals surface area contributed by atoms with Crippen LogP contribution in [-0.4, -0.2) is 22.9 Å². The van der Waals surface area contributed by atoms with Gasteiger partial charge < -0.3 is 9.72 Å². The van der Waals surface area contributed by atoms with E-state index < -0.39 is 11.6 Å². The van der Waals surface area contributed by atoms with Gasteiger partial charge in [-0.15, -0.1) is 0 Å². The smallest absolute Gasteiger partial charge is 0.198 e. The second-order valence-electron chi connectivity index (χ2n) is 5.98. The van der Waals surface area contributed by atoms with Gasteiger partial charge in [0, 0.05) is 33.9 Å². The number of rotatable bonds is 4. The third-order valence-corrected chi connectivity index (χ3v) is 4.60. The van der Waals surface area contributed by atoms with Crippen molar-refractivity contribution in [2.45, 2.75) is 0 Å². The molecule has 0 aliphatic carbocycles. The molecule has 4 aromatic rings. The molecule has 0 fully saturated rings. The second-order valence-corrected chi connectivity index (χ2v) is 6.42. The molecule has 2 aromatic heterocycles. The van der Waals surface area contributed by atoms with Gasteiger partial charge in [-0.25, -0.2) is 9.37 Å². The highest BCUT2D eigenvalue weighted by Gasteiger charge is 2.20. The first-order valence-corrected chi connectivity index (χ1v) is 8.56. The van der Waals surface area contributed by atoms with Crippen LogP contribution in [-0.2, 0) is 0 Å². The minimum absolute atomic E-state index is 0.0263. The molecule has 0 amide bonds. The van der Waals surface area contributed by atoms with Crippen molar-refractivity contribution in [1.29, 1.82) is 0 Å². The van der Waals surface area contributed by atoms with Crippen LogP contribution < -0.4 is 4.74 Å². The van der Waals surface area contributed by atoms with Gasteiger partial charge in [0.25, 0.3) is 0 Å². The zero-order valence-corrected chi connectivity index (χ0v) is 15.0. The van der Waals surface area contributed by atoms with E-state index in [-0.39, 0.29) is 11.3 Å². The monoisotopic (exact) mass is 380 g/mol. The van der Waals surface area contributed by atoms with Gasteiger partial charge in [0.1, 0.15) is 5.65 Å². The number of methoxy groups -OCH3 is 1. The molecular formula is C21H14ClFN2O2. The summed E-state index contributed by atoms with van der Waals surface area (Å²) in [5.74, 6) is -1.10. The van der Waals surface area contributed by atoms with E-state index in [1.165, 1.54) is 19.2 Å². The van der Waals surface area contributed by atoms with Crippen LogP contribution in [0.4, 0.5) is 4.39 Å². The Kier molecular flexibility index (Phi) is 4.38. The average Bonchev–Trinajstić information content (AvgIpc) is 3.11. The van der Waals surface area contributed by atoms with Crippen LogP contribution >= 0.6 is 11.6 Å². The summed E-state index contributed by atoms with van der Waals surface area (Å²) in [6.45, 7) is 0. The Morgan fingerprint density at radius 2 is 1.93 bits per heavy atom. The van der Waals surface area contributed by atoms with Gasteiger partial charge in [0.2, 0.25) is 0 Å². The average molecular weight is 381 g/mol. The van der Waals surface area contributed by atoms with Crippen molar-refractivity contribution in [3.8, 4) is 16.9 Å². The van der Waals surface area contributed by atoms with Crippen molar-refractivity contribution in [1.82, 2.24) is 9.97 Å². The number of benzene rings is 2. The highest BCUT2D eigenvalue weighted by Crippen LogP contribution is 2.29. The molecule has 27 heavy (non-hydrogen) atoms. The third-order valence-electron chi connectivity index (χ3n) is 4.36. The predicted octanol–water partition coefficient (Wildman–Crippen LogP) is 5.26. The molecule has 2 aromatic carbocycles. The molecule has 0 spiro atoms. The van der Waals surface area contributed by atoms with E-state index >= 15 is 0 Å². The zero-order chi connectivity index (χ0) is 19.0. The number of halogens is 2. The number of nitrogens with one attached hydrogen (secondary N) is 1. The topological polar surface area (TPSA) is 55.0 Å². The summed E-state index contributed by atoms with van der Waals surface area (Å²) in [5.41, 5.74) is 2.53. The summed E-state index contributed by atoms with van der Waals surface area (Å²) in [7, 11) is 1.36. The van der Waals surface area contributed by atoms with Gasteiger partial charge in [-0.1, -0.05) is 29.8 Å². The van der Waals surface area contributed by atoms with E-state index in [1.807, 2.05) is 24.3 Å². The maximum atomic E-state index is 14.5. The van der Waals surface area contributed by atoms with Crippen molar-refractivity contribution >= 4 is 28.4 Å². The molecule has 0 aliphatic heterocycles. The number of aromatic nitrogens is 2. The summed E-state index contributed by atoms with van der Waals surface area (Å²) < 4.78 is 19.5. The number of ether oxygens (including phenoxy) is 1. The van der Waals surface area contributed by atoms with Gasteiger partial charge in [0.05, 0.1) is 12.7 Å². The maximum absolute atomic E-state index is 14.5. The molecule has 6 heteroatoms. The molecule has 4 nitrogen and oxygen atoms in total. The largest absolute Gasteiger partial charge is 0.494 e. The van der Waals surface area contributed by atoms with Gasteiger partial charge in [0.15, 0.2) is 17.3 Å². The van der Waals surface area contributed by atoms with E-state index in [4.69, 9.17) is 16.3 Å². The second kappa shape index (κ2) is 6.85. The van der Waals surface area contributed by atoms with E-state index in [0.717, 1.165) is 11.1 Å². The first-order chi connectivity index (χ1) is 13.1. The Bertz CT molecular complexity index is 1170. The number of pyridine rings is 1. The van der Waals surface area contributed by atoms with Crippen LogP contribution in [0.25, 0.3) is 22.2 Å². The minimum atomic E-state index is -0.682. The van der Waals surface area contributed by atoms with Crippen molar-refractivity contribution < 1.29 is 13.9 Å². The van der Waals surface area contributed by atoms with E-state index in [0.29, 0.717) is 21.6 Å². The van der Waals surface area contributed by atoms with Crippen LogP contribution in [0, 0.1) is 5.82 Å². The molecule has 0 radical (unpaired) electrons. The third kappa shape index (κ3) is 3.06. The zero-order valence-electron chi connectivity index (χ0n) is 14.3. The maximum Gasteiger partial charge on any atom is 0.198 e. The summed E-state index contributed by atoms with van der Waals surface area (Å²) in [4.78, 5) is 20.3. The lowest BCUT2D eigenvalue weighted by Gasteiger charge is -2.07. The number of hydrogen-bond acceptors (Lipinski definition) is 3. The molecule has 4 rings (SSSR count). The minimum Gasteiger partial charge on any atom is -0.494 e. The fraction of sp³-hybridized carbons (Fsp3) is 0.0476. The summed E-state index contributed by atoms with van der Waals surface area (Å²) in [6, 6.07) is 13.7. The summed E-state index contributed by atoms with van der Waals surface area (Å²) in [6.07, 6.45) is 3.24. The SMILES string of the molecule is COc1cccc(C(=O)c2c[nH]c3ncc(-c4cccc(Cl)c4)cc23)c1F. The molecule has 1 N–H and O–H groups in total. The molecule has 134 valence electrons. The van der Waals surface area contributed by atoms with E-state index in [9.17, 15) is 9.18 Å². The van der Waals surface area contributed by atoms with Gasteiger partial charge >= 0.3 is 0 Å². The van der Waals surface area contributed by atoms with E-state index in [2.05, 4.69) is 9.97 Å². The fourth-order valence-corrected chi connectivity index (χ4v) is 3.20. The number of hydrogen-bond donors (Lipinski definition) is 1. The number of H-pyrrole nitrogens is 1. The van der Waals surface area contributed by atoms with Gasteiger partial charge in [-0.2, -0.15) is 0 Å². The fourth-order valence-electron chi connectivity index (χ4n) is 3.01. The molecule has 0 aliphatic rings. The number of carbonyl (C=O) groups excluding carboxylic acids is 1. The number of aromatic amines is 1. The standard InChI is InChI=1S/C21H14ClFN2O2/c1-27-18-7-3-6-15(19(18)23)20(26)17-11-25-21-16(17)9-13(10-24-21)12-4-2-5-14(22)8-12/h2-11H,1H3,(H,24,25). The van der Waals surface area contributed by atoms with E-state index in [1.54, 1.807) is 24.5 Å². The number of nitrogens with zero attached hydrogens (tertiary/aromatic N) is 1. The van der Waals surface area contributed by atoms with Crippen LogP contribution in [0.2, 0.25) is 5.02 Å². The van der Waals surface area contributed by atoms with Crippen molar-refractivity contribution in [3.05, 3.63) is 82.9 Å². The van der Waals surface area contributed by atoms with Crippen molar-refractivity contribution in [2.75, 3.05) is 7.11 Å². The molecule has 0 saturated heterocycles. The highest BCUT2D eigenvalue weighted by atomic mass is 35.5. The Morgan fingerprint density at radius 1 is 1.11 bits per heavy atom. The lowest BCUT2D eigenvalue weighted by atomic mass is 10.0. The predicted molar refractivity (Wildman–Crippen MR) is 103 cm³/mol. The molecule has 0 saturated carbocycles. The van der Waals surface area contributed by atoms with Crippen LogP contribution in [0.15, 0.2) is 60.9 Å². The Balaban J connectivity index is 1.83. The summed E-state index contributed by atoms with van der Waals surface area (Å²) in [5, 5.41) is 1.22. The van der Waals surface area contributed by atoms with Crippen molar-refractivity contribution in [3.63, 3.8) is 0 Å². The number of fused-ring (bicyclic) bond motifs is 1. The molecule has 2 heterocycles.